The van der Waals surface area contributed by atoms with Gasteiger partial charge in [0.2, 0.25) is 5.91 Å². The zero-order chi connectivity index (χ0) is 21.6. The predicted octanol–water partition coefficient (Wildman–Crippen LogP) is 3.90. The molecule has 1 amide bonds. The summed E-state index contributed by atoms with van der Waals surface area (Å²) in [4.78, 5) is 16.2. The van der Waals surface area contributed by atoms with Crippen molar-refractivity contribution in [2.75, 3.05) is 37.6 Å². The summed E-state index contributed by atoms with van der Waals surface area (Å²) in [6, 6.07) is 8.85. The summed E-state index contributed by atoms with van der Waals surface area (Å²) in [5.74, 6) is -2.28. The van der Waals surface area contributed by atoms with Gasteiger partial charge in [0.15, 0.2) is 0 Å². The number of nitrogens with zero attached hydrogens (tertiary/aromatic N) is 3. The van der Waals surface area contributed by atoms with E-state index in [4.69, 9.17) is 5.26 Å². The summed E-state index contributed by atoms with van der Waals surface area (Å²) < 4.78 is 27.2. The van der Waals surface area contributed by atoms with Gasteiger partial charge < -0.3 is 10.2 Å². The van der Waals surface area contributed by atoms with E-state index in [0.717, 1.165) is 77.4 Å². The molecule has 0 aromatic heterocycles. The maximum atomic E-state index is 13.6. The Morgan fingerprint density at radius 3 is 2.53 bits per heavy atom. The quantitative estimate of drug-likeness (QED) is 0.730. The van der Waals surface area contributed by atoms with Gasteiger partial charge >= 0.3 is 0 Å². The van der Waals surface area contributed by atoms with Gasteiger partial charge in [0.05, 0.1) is 6.07 Å². The van der Waals surface area contributed by atoms with Crippen molar-refractivity contribution >= 4 is 11.6 Å². The molecule has 1 aliphatic carbocycles. The zero-order valence-corrected chi connectivity index (χ0v) is 17.7. The van der Waals surface area contributed by atoms with Crippen molar-refractivity contribution in [3.63, 3.8) is 0 Å². The lowest BCUT2D eigenvalue weighted by Gasteiger charge is -2.37. The van der Waals surface area contributed by atoms with E-state index >= 15 is 0 Å². The average molecular weight is 419 g/mol. The molecule has 3 rings (SSSR count). The number of anilines is 1. The molecular formula is C23H32F2N4O. The van der Waals surface area contributed by atoms with E-state index in [2.05, 4.69) is 15.1 Å². The summed E-state index contributed by atoms with van der Waals surface area (Å²) in [5, 5.41) is 11.5. The SMILES string of the molecule is CC(F)(F)c1cccc(N2CCN(CCC3CCC(NC(=O)CC#N)CC3)CC2)c1. The number of nitrogens with one attached hydrogen (secondary N) is 1. The fourth-order valence-corrected chi connectivity index (χ4v) is 4.52. The highest BCUT2D eigenvalue weighted by molar-refractivity contribution is 5.78. The average Bonchev–Trinajstić information content (AvgIpc) is 2.73. The first-order valence-electron chi connectivity index (χ1n) is 11.0. The second kappa shape index (κ2) is 10.2. The van der Waals surface area contributed by atoms with Gasteiger partial charge in [-0.15, -0.1) is 0 Å². The van der Waals surface area contributed by atoms with Crippen molar-refractivity contribution in [3.8, 4) is 6.07 Å². The molecule has 0 radical (unpaired) electrons. The van der Waals surface area contributed by atoms with E-state index in [0.29, 0.717) is 5.92 Å². The third-order valence-corrected chi connectivity index (χ3v) is 6.40. The van der Waals surface area contributed by atoms with Crippen molar-refractivity contribution < 1.29 is 13.6 Å². The molecule has 5 nitrogen and oxygen atoms in total. The lowest BCUT2D eigenvalue weighted by Crippen LogP contribution is -2.47. The van der Waals surface area contributed by atoms with Crippen LogP contribution in [0.2, 0.25) is 0 Å². The van der Waals surface area contributed by atoms with Crippen molar-refractivity contribution in [1.29, 1.82) is 5.26 Å². The molecule has 2 aliphatic rings. The van der Waals surface area contributed by atoms with Crippen LogP contribution in [-0.4, -0.2) is 49.6 Å². The van der Waals surface area contributed by atoms with E-state index in [9.17, 15) is 13.6 Å². The molecule has 1 heterocycles. The van der Waals surface area contributed by atoms with Gasteiger partial charge in [0.25, 0.3) is 5.92 Å². The monoisotopic (exact) mass is 418 g/mol. The van der Waals surface area contributed by atoms with Gasteiger partial charge in [-0.1, -0.05) is 12.1 Å². The van der Waals surface area contributed by atoms with Gasteiger partial charge in [0, 0.05) is 50.4 Å². The highest BCUT2D eigenvalue weighted by Gasteiger charge is 2.26. The van der Waals surface area contributed by atoms with Gasteiger partial charge in [-0.2, -0.15) is 5.26 Å². The van der Waals surface area contributed by atoms with Crippen LogP contribution in [0.5, 0.6) is 0 Å². The van der Waals surface area contributed by atoms with Crippen LogP contribution >= 0.6 is 0 Å². The van der Waals surface area contributed by atoms with Crippen molar-refractivity contribution in [2.24, 2.45) is 5.92 Å². The first kappa shape index (κ1) is 22.5. The van der Waals surface area contributed by atoms with E-state index in [1.807, 2.05) is 12.1 Å². The number of alkyl halides is 2. The lowest BCUT2D eigenvalue weighted by atomic mass is 9.84. The maximum absolute atomic E-state index is 13.6. The van der Waals surface area contributed by atoms with Crippen molar-refractivity contribution in [2.45, 2.75) is 57.4 Å². The van der Waals surface area contributed by atoms with Gasteiger partial charge in [0.1, 0.15) is 6.42 Å². The highest BCUT2D eigenvalue weighted by atomic mass is 19.3. The lowest BCUT2D eigenvalue weighted by molar-refractivity contribution is -0.121. The number of hydrogen-bond donors (Lipinski definition) is 1. The second-order valence-corrected chi connectivity index (χ2v) is 8.68. The second-order valence-electron chi connectivity index (χ2n) is 8.68. The number of nitriles is 1. The third kappa shape index (κ3) is 6.40. The Kier molecular flexibility index (Phi) is 7.65. The summed E-state index contributed by atoms with van der Waals surface area (Å²) in [5.41, 5.74) is 0.951. The number of carbonyl (C=O) groups excluding carboxylic acids is 1. The smallest absolute Gasteiger partial charge is 0.270 e. The Labute approximate surface area is 178 Å². The first-order chi connectivity index (χ1) is 14.3. The topological polar surface area (TPSA) is 59.4 Å². The molecule has 0 atom stereocenters. The van der Waals surface area contributed by atoms with Crippen LogP contribution in [0.1, 0.15) is 51.0 Å². The molecule has 0 unspecified atom stereocenters. The van der Waals surface area contributed by atoms with Gasteiger partial charge in [-0.3, -0.25) is 9.69 Å². The molecule has 1 aliphatic heterocycles. The molecule has 0 bridgehead atoms. The minimum Gasteiger partial charge on any atom is -0.369 e. The molecule has 30 heavy (non-hydrogen) atoms. The molecular weight excluding hydrogens is 386 g/mol. The van der Waals surface area contributed by atoms with Gasteiger partial charge in [-0.25, -0.2) is 8.78 Å². The minimum atomic E-state index is -2.81. The molecule has 0 spiro atoms. The summed E-state index contributed by atoms with van der Waals surface area (Å²) in [6.07, 6.45) is 5.33. The fourth-order valence-electron chi connectivity index (χ4n) is 4.52. The summed E-state index contributed by atoms with van der Waals surface area (Å²) in [7, 11) is 0. The standard InChI is InChI=1S/C23H32F2N4O/c1-23(24,25)19-3-2-4-21(17-19)29-15-13-28(14-16-29)12-10-18-5-7-20(8-6-18)27-22(30)9-11-26/h2-4,17-18,20H,5-10,12-16H2,1H3,(H,27,30). The third-order valence-electron chi connectivity index (χ3n) is 6.40. The Morgan fingerprint density at radius 2 is 1.90 bits per heavy atom. The minimum absolute atomic E-state index is 0.0585. The Hall–Kier alpha value is -2.20. The molecule has 1 aromatic carbocycles. The normalized spacial score (nSPS) is 23.1. The Morgan fingerprint density at radius 1 is 1.20 bits per heavy atom. The first-order valence-corrected chi connectivity index (χ1v) is 11.0. The number of rotatable bonds is 7. The molecule has 1 aromatic rings. The molecule has 164 valence electrons. The van der Waals surface area contributed by atoms with E-state index < -0.39 is 5.92 Å². The largest absolute Gasteiger partial charge is 0.369 e. The number of hydrogen-bond acceptors (Lipinski definition) is 4. The van der Waals surface area contributed by atoms with E-state index in [-0.39, 0.29) is 23.9 Å². The fraction of sp³-hybridized carbons (Fsp3) is 0.652. The van der Waals surface area contributed by atoms with Crippen LogP contribution in [0, 0.1) is 17.2 Å². The number of benzene rings is 1. The van der Waals surface area contributed by atoms with Crippen LogP contribution < -0.4 is 10.2 Å². The Balaban J connectivity index is 1.37. The van der Waals surface area contributed by atoms with Crippen LogP contribution in [0.4, 0.5) is 14.5 Å². The number of amides is 1. The summed E-state index contributed by atoms with van der Waals surface area (Å²) >= 11 is 0. The molecule has 2 fully saturated rings. The predicted molar refractivity (Wildman–Crippen MR) is 113 cm³/mol. The van der Waals surface area contributed by atoms with Gasteiger partial charge in [-0.05, 0) is 56.7 Å². The van der Waals surface area contributed by atoms with Crippen molar-refractivity contribution in [1.82, 2.24) is 10.2 Å². The Bertz CT molecular complexity index is 742. The number of carbonyl (C=O) groups is 1. The van der Waals surface area contributed by atoms with E-state index in [1.165, 1.54) is 6.07 Å². The number of halogens is 2. The summed E-state index contributed by atoms with van der Waals surface area (Å²) in [6.45, 7) is 5.63. The molecule has 1 saturated heterocycles. The number of piperazine rings is 1. The maximum Gasteiger partial charge on any atom is 0.270 e. The van der Waals surface area contributed by atoms with Crippen LogP contribution in [-0.2, 0) is 10.7 Å². The molecule has 7 heteroatoms. The van der Waals surface area contributed by atoms with Crippen molar-refractivity contribution in [3.05, 3.63) is 29.8 Å². The van der Waals surface area contributed by atoms with Crippen LogP contribution in [0.25, 0.3) is 0 Å². The van der Waals surface area contributed by atoms with Crippen LogP contribution in [0.3, 0.4) is 0 Å². The highest BCUT2D eigenvalue weighted by Crippen LogP contribution is 2.30. The van der Waals surface area contributed by atoms with E-state index in [1.54, 1.807) is 12.1 Å². The zero-order valence-electron chi connectivity index (χ0n) is 17.7. The molecule has 1 saturated carbocycles. The van der Waals surface area contributed by atoms with Crippen LogP contribution in [0.15, 0.2) is 24.3 Å². The molecule has 1 N–H and O–H groups in total.